The Balaban J connectivity index is 2.55. The molecule has 0 spiro atoms. The molecular weight excluding hydrogens is 284 g/mol. The van der Waals surface area contributed by atoms with Crippen molar-refractivity contribution >= 4 is 21.9 Å². The van der Waals surface area contributed by atoms with Crippen molar-refractivity contribution in [2.75, 3.05) is 19.3 Å². The quantitative estimate of drug-likeness (QED) is 0.602. The van der Waals surface area contributed by atoms with Crippen LogP contribution in [0, 0.1) is 17.8 Å². The van der Waals surface area contributed by atoms with Gasteiger partial charge in [-0.1, -0.05) is 13.3 Å². The van der Waals surface area contributed by atoms with E-state index in [-0.39, 0.29) is 24.1 Å². The number of nitrogens with one attached hydrogen (secondary N) is 2. The molecule has 3 N–H and O–H groups in total. The topological polar surface area (TPSA) is 113 Å². The maximum Gasteiger partial charge on any atom is 0.307 e. The van der Waals surface area contributed by atoms with E-state index in [2.05, 4.69) is 10.0 Å². The Labute approximate surface area is 119 Å². The van der Waals surface area contributed by atoms with Crippen LogP contribution in [-0.4, -0.2) is 44.7 Å². The van der Waals surface area contributed by atoms with Gasteiger partial charge in [0.1, 0.15) is 0 Å². The van der Waals surface area contributed by atoms with E-state index in [0.29, 0.717) is 12.8 Å². The second kappa shape index (κ2) is 7.03. The van der Waals surface area contributed by atoms with Crippen LogP contribution in [0.3, 0.4) is 0 Å². The molecule has 0 bridgehead atoms. The minimum Gasteiger partial charge on any atom is -0.481 e. The molecule has 0 saturated heterocycles. The molecule has 1 saturated carbocycles. The number of carbonyl (C=O) groups excluding carboxylic acids is 1. The number of amides is 1. The number of carbonyl (C=O) groups is 2. The van der Waals surface area contributed by atoms with E-state index in [0.717, 1.165) is 6.42 Å². The second-order valence-electron chi connectivity index (χ2n) is 5.11. The van der Waals surface area contributed by atoms with E-state index in [1.54, 1.807) is 0 Å². The zero-order chi connectivity index (χ0) is 15.3. The predicted octanol–water partition coefficient (Wildman–Crippen LogP) is -0.211. The third kappa shape index (κ3) is 4.45. The average Bonchev–Trinajstić information content (AvgIpc) is 2.83. The molecule has 116 valence electrons. The maximum absolute atomic E-state index is 12.0. The summed E-state index contributed by atoms with van der Waals surface area (Å²) >= 11 is 0. The molecule has 0 radical (unpaired) electrons. The first-order chi connectivity index (χ1) is 9.30. The third-order valence-electron chi connectivity index (χ3n) is 3.87. The number of carboxylic acids is 1. The summed E-state index contributed by atoms with van der Waals surface area (Å²) in [6, 6.07) is 0. The maximum atomic E-state index is 12.0. The summed E-state index contributed by atoms with van der Waals surface area (Å²) in [6.07, 6.45) is 1.92. The van der Waals surface area contributed by atoms with Crippen molar-refractivity contribution in [3.05, 3.63) is 0 Å². The van der Waals surface area contributed by atoms with Gasteiger partial charge < -0.3 is 10.4 Å². The summed E-state index contributed by atoms with van der Waals surface area (Å²) in [6.45, 7) is 1.96. The first-order valence-corrected chi connectivity index (χ1v) is 8.37. The molecule has 20 heavy (non-hydrogen) atoms. The molecule has 1 fully saturated rings. The summed E-state index contributed by atoms with van der Waals surface area (Å²) in [5, 5.41) is 11.7. The first kappa shape index (κ1) is 16.9. The van der Waals surface area contributed by atoms with Gasteiger partial charge in [0, 0.05) is 6.54 Å². The Bertz CT molecular complexity index is 462. The zero-order valence-corrected chi connectivity index (χ0v) is 12.6. The van der Waals surface area contributed by atoms with Gasteiger partial charge in [-0.15, -0.1) is 0 Å². The summed E-state index contributed by atoms with van der Waals surface area (Å²) in [7, 11) is -2.06. The van der Waals surface area contributed by atoms with Gasteiger partial charge in [-0.3, -0.25) is 9.59 Å². The largest absolute Gasteiger partial charge is 0.481 e. The lowest BCUT2D eigenvalue weighted by molar-refractivity contribution is -0.146. The van der Waals surface area contributed by atoms with E-state index >= 15 is 0 Å². The normalized spacial score (nSPS) is 26.4. The monoisotopic (exact) mass is 306 g/mol. The van der Waals surface area contributed by atoms with Crippen LogP contribution in [0.4, 0.5) is 0 Å². The Morgan fingerprint density at radius 2 is 1.85 bits per heavy atom. The lowest BCUT2D eigenvalue weighted by Crippen LogP contribution is -2.38. The van der Waals surface area contributed by atoms with Crippen LogP contribution < -0.4 is 10.0 Å². The van der Waals surface area contributed by atoms with Crippen LogP contribution in [-0.2, 0) is 19.6 Å². The molecule has 3 unspecified atom stereocenters. The molecule has 1 rings (SSSR count). The minimum atomic E-state index is -3.37. The van der Waals surface area contributed by atoms with Crippen LogP contribution in [0.25, 0.3) is 0 Å². The van der Waals surface area contributed by atoms with Crippen molar-refractivity contribution in [1.29, 1.82) is 0 Å². The number of hydrogen-bond donors (Lipinski definition) is 3. The third-order valence-corrected chi connectivity index (χ3v) is 5.24. The van der Waals surface area contributed by atoms with E-state index in [4.69, 9.17) is 5.11 Å². The lowest BCUT2D eigenvalue weighted by atomic mass is 9.95. The highest BCUT2D eigenvalue weighted by molar-refractivity contribution is 7.89. The van der Waals surface area contributed by atoms with Crippen molar-refractivity contribution < 1.29 is 23.1 Å². The van der Waals surface area contributed by atoms with E-state index in [1.807, 2.05) is 6.92 Å². The number of hydrogen-bond acceptors (Lipinski definition) is 4. The Morgan fingerprint density at radius 3 is 2.35 bits per heavy atom. The van der Waals surface area contributed by atoms with Gasteiger partial charge >= 0.3 is 5.97 Å². The summed E-state index contributed by atoms with van der Waals surface area (Å²) < 4.78 is 24.6. The van der Waals surface area contributed by atoms with Crippen molar-refractivity contribution in [3.63, 3.8) is 0 Å². The molecule has 0 heterocycles. The van der Waals surface area contributed by atoms with Crippen LogP contribution in [0.1, 0.15) is 26.2 Å². The highest BCUT2D eigenvalue weighted by Gasteiger charge is 2.41. The van der Waals surface area contributed by atoms with E-state index < -0.39 is 27.8 Å². The van der Waals surface area contributed by atoms with Gasteiger partial charge in [0.25, 0.3) is 0 Å². The van der Waals surface area contributed by atoms with Gasteiger partial charge in [-0.2, -0.15) is 0 Å². The molecule has 0 aromatic carbocycles. The number of sulfonamides is 1. The van der Waals surface area contributed by atoms with Crippen molar-refractivity contribution in [3.8, 4) is 0 Å². The fraction of sp³-hybridized carbons (Fsp3) is 0.833. The molecule has 7 nitrogen and oxygen atoms in total. The van der Waals surface area contributed by atoms with Crippen LogP contribution in [0.2, 0.25) is 0 Å². The van der Waals surface area contributed by atoms with Gasteiger partial charge in [0.15, 0.2) is 0 Å². The number of aliphatic carboxylic acids is 1. The van der Waals surface area contributed by atoms with Crippen molar-refractivity contribution in [1.82, 2.24) is 10.0 Å². The molecule has 1 aliphatic carbocycles. The summed E-state index contributed by atoms with van der Waals surface area (Å²) in [5.74, 6) is -2.51. The van der Waals surface area contributed by atoms with Gasteiger partial charge in [0.05, 0.1) is 17.6 Å². The Hall–Kier alpha value is -1.15. The molecule has 1 amide bonds. The van der Waals surface area contributed by atoms with E-state index in [9.17, 15) is 18.0 Å². The van der Waals surface area contributed by atoms with Gasteiger partial charge in [0.2, 0.25) is 15.9 Å². The van der Waals surface area contributed by atoms with Crippen LogP contribution >= 0.6 is 0 Å². The smallest absolute Gasteiger partial charge is 0.307 e. The fourth-order valence-electron chi connectivity index (χ4n) is 2.58. The number of carboxylic acid groups (broad SMARTS) is 1. The van der Waals surface area contributed by atoms with Crippen LogP contribution in [0.5, 0.6) is 0 Å². The average molecular weight is 306 g/mol. The zero-order valence-electron chi connectivity index (χ0n) is 11.8. The Kier molecular flexibility index (Phi) is 5.94. The standard InChI is InChI=1S/C12H22N2O5S/c1-3-8-6-9(10(7-8)12(16)17)11(15)14-4-5-20(18,19)13-2/h8-10,13H,3-7H2,1-2H3,(H,14,15)(H,16,17). The molecule has 1 aliphatic rings. The predicted molar refractivity (Wildman–Crippen MR) is 73.5 cm³/mol. The molecule has 8 heteroatoms. The molecule has 0 aromatic rings. The van der Waals surface area contributed by atoms with Crippen LogP contribution in [0.15, 0.2) is 0 Å². The molecule has 3 atom stereocenters. The fourth-order valence-corrected chi connectivity index (χ4v) is 3.16. The number of rotatable bonds is 7. The Morgan fingerprint density at radius 1 is 1.25 bits per heavy atom. The molecular formula is C12H22N2O5S. The van der Waals surface area contributed by atoms with Gasteiger partial charge in [-0.25, -0.2) is 13.1 Å². The first-order valence-electron chi connectivity index (χ1n) is 6.72. The SMILES string of the molecule is CCC1CC(C(=O)O)C(C(=O)NCCS(=O)(=O)NC)C1. The highest BCUT2D eigenvalue weighted by atomic mass is 32.2. The van der Waals surface area contributed by atoms with Crippen molar-refractivity contribution in [2.45, 2.75) is 26.2 Å². The van der Waals surface area contributed by atoms with E-state index in [1.165, 1.54) is 7.05 Å². The molecule has 0 aliphatic heterocycles. The highest BCUT2D eigenvalue weighted by Crippen LogP contribution is 2.38. The summed E-state index contributed by atoms with van der Waals surface area (Å²) in [4.78, 5) is 23.2. The molecule has 0 aromatic heterocycles. The summed E-state index contributed by atoms with van der Waals surface area (Å²) in [5.41, 5.74) is 0. The van der Waals surface area contributed by atoms with Gasteiger partial charge in [-0.05, 0) is 25.8 Å². The second-order valence-corrected chi connectivity index (χ2v) is 7.16. The lowest BCUT2D eigenvalue weighted by Gasteiger charge is -2.15. The minimum absolute atomic E-state index is 0.0123. The van der Waals surface area contributed by atoms with Crippen molar-refractivity contribution in [2.24, 2.45) is 17.8 Å².